The summed E-state index contributed by atoms with van der Waals surface area (Å²) in [5.74, 6) is -0.357. The number of carbonyl (C=O) groups excluding carboxylic acids is 1. The first-order chi connectivity index (χ1) is 7.66. The summed E-state index contributed by atoms with van der Waals surface area (Å²) in [4.78, 5) is 27.2. The molecular formula is C10H15N3O3. The van der Waals surface area contributed by atoms with Gasteiger partial charge in [-0.25, -0.2) is 4.79 Å². The van der Waals surface area contributed by atoms with Gasteiger partial charge in [-0.1, -0.05) is 12.8 Å². The highest BCUT2D eigenvalue weighted by Gasteiger charge is 2.25. The number of rotatable bonds is 2. The van der Waals surface area contributed by atoms with E-state index in [4.69, 9.17) is 0 Å². The Morgan fingerprint density at radius 2 is 2.19 bits per heavy atom. The number of aliphatic hydroxyl groups excluding tert-OH is 1. The monoisotopic (exact) mass is 225 g/mol. The molecule has 1 aliphatic rings. The van der Waals surface area contributed by atoms with Gasteiger partial charge in [0.15, 0.2) is 0 Å². The lowest BCUT2D eigenvalue weighted by Gasteiger charge is -2.28. The smallest absolute Gasteiger partial charge is 0.323 e. The van der Waals surface area contributed by atoms with Gasteiger partial charge in [-0.05, 0) is 12.8 Å². The average Bonchev–Trinajstić information content (AvgIpc) is 2.68. The van der Waals surface area contributed by atoms with Crippen LogP contribution in [0.3, 0.4) is 0 Å². The SMILES string of the molecule is O=C(N[C@@H]1CCCC[C@H]1O)c1c[nH]c(=O)[nH]1. The highest BCUT2D eigenvalue weighted by atomic mass is 16.3. The summed E-state index contributed by atoms with van der Waals surface area (Å²) in [6.45, 7) is 0. The predicted molar refractivity (Wildman–Crippen MR) is 57.1 cm³/mol. The van der Waals surface area contributed by atoms with Crippen LogP contribution in [0.15, 0.2) is 11.0 Å². The van der Waals surface area contributed by atoms with Gasteiger partial charge in [-0.15, -0.1) is 0 Å². The maximum absolute atomic E-state index is 11.7. The van der Waals surface area contributed by atoms with Crippen molar-refractivity contribution in [2.24, 2.45) is 0 Å². The number of aromatic nitrogens is 2. The Morgan fingerprint density at radius 3 is 2.81 bits per heavy atom. The number of H-pyrrole nitrogens is 2. The molecule has 0 aromatic carbocycles. The zero-order chi connectivity index (χ0) is 11.5. The summed E-state index contributed by atoms with van der Waals surface area (Å²) >= 11 is 0. The number of amides is 1. The van der Waals surface area contributed by atoms with Crippen LogP contribution < -0.4 is 11.0 Å². The normalized spacial score (nSPS) is 25.3. The molecule has 6 heteroatoms. The molecule has 2 atom stereocenters. The van der Waals surface area contributed by atoms with Gasteiger partial charge in [-0.3, -0.25) is 4.79 Å². The van der Waals surface area contributed by atoms with Gasteiger partial charge < -0.3 is 20.4 Å². The molecule has 88 valence electrons. The molecule has 4 N–H and O–H groups in total. The van der Waals surface area contributed by atoms with Crippen molar-refractivity contribution in [1.82, 2.24) is 15.3 Å². The molecule has 1 aromatic rings. The van der Waals surface area contributed by atoms with E-state index in [2.05, 4.69) is 15.3 Å². The number of nitrogens with one attached hydrogen (secondary N) is 3. The van der Waals surface area contributed by atoms with Crippen LogP contribution in [0.1, 0.15) is 36.2 Å². The number of aromatic amines is 2. The lowest BCUT2D eigenvalue weighted by Crippen LogP contribution is -2.45. The summed E-state index contributed by atoms with van der Waals surface area (Å²) in [5, 5.41) is 12.4. The van der Waals surface area contributed by atoms with Crippen molar-refractivity contribution in [2.45, 2.75) is 37.8 Å². The number of hydrogen-bond acceptors (Lipinski definition) is 3. The van der Waals surface area contributed by atoms with Crippen molar-refractivity contribution in [3.05, 3.63) is 22.4 Å². The Kier molecular flexibility index (Phi) is 3.09. The first-order valence-corrected chi connectivity index (χ1v) is 5.43. The third-order valence-electron chi connectivity index (χ3n) is 2.89. The van der Waals surface area contributed by atoms with Gasteiger partial charge >= 0.3 is 5.69 Å². The van der Waals surface area contributed by atoms with Gasteiger partial charge in [0.2, 0.25) is 0 Å². The van der Waals surface area contributed by atoms with Crippen molar-refractivity contribution >= 4 is 5.91 Å². The van der Waals surface area contributed by atoms with Gasteiger partial charge in [-0.2, -0.15) is 0 Å². The minimum Gasteiger partial charge on any atom is -0.391 e. The Morgan fingerprint density at radius 1 is 1.44 bits per heavy atom. The fourth-order valence-corrected chi connectivity index (χ4v) is 1.98. The standard InChI is InChI=1S/C10H15N3O3/c14-8-4-2-1-3-6(8)12-9(15)7-5-11-10(16)13-7/h5-6,8,14H,1-4H2,(H,12,15)(H2,11,13,16)/t6-,8-/m1/s1. The molecule has 0 aliphatic heterocycles. The Hall–Kier alpha value is -1.56. The zero-order valence-electron chi connectivity index (χ0n) is 8.82. The highest BCUT2D eigenvalue weighted by Crippen LogP contribution is 2.18. The summed E-state index contributed by atoms with van der Waals surface area (Å²) in [5.41, 5.74) is -0.211. The predicted octanol–water partition coefficient (Wildman–Crippen LogP) is -0.264. The molecular weight excluding hydrogens is 210 g/mol. The molecule has 0 radical (unpaired) electrons. The zero-order valence-corrected chi connectivity index (χ0v) is 8.82. The molecule has 1 aromatic heterocycles. The van der Waals surface area contributed by atoms with Crippen LogP contribution in [0.25, 0.3) is 0 Å². The van der Waals surface area contributed by atoms with Crippen LogP contribution in [0.5, 0.6) is 0 Å². The quantitative estimate of drug-likeness (QED) is 0.558. The molecule has 0 unspecified atom stereocenters. The number of aliphatic hydroxyl groups is 1. The molecule has 1 heterocycles. The van der Waals surface area contributed by atoms with Crippen molar-refractivity contribution < 1.29 is 9.90 Å². The molecule has 1 saturated carbocycles. The molecule has 16 heavy (non-hydrogen) atoms. The van der Waals surface area contributed by atoms with Crippen molar-refractivity contribution in [1.29, 1.82) is 0 Å². The summed E-state index contributed by atoms with van der Waals surface area (Å²) in [6.07, 6.45) is 4.34. The second-order valence-corrected chi connectivity index (χ2v) is 4.09. The molecule has 1 aliphatic carbocycles. The minimum absolute atomic E-state index is 0.197. The number of imidazole rings is 1. The third-order valence-corrected chi connectivity index (χ3v) is 2.89. The van der Waals surface area contributed by atoms with Crippen LogP contribution in [0.2, 0.25) is 0 Å². The van der Waals surface area contributed by atoms with Crippen molar-refractivity contribution in [2.75, 3.05) is 0 Å². The van der Waals surface area contributed by atoms with E-state index < -0.39 is 11.8 Å². The van der Waals surface area contributed by atoms with E-state index in [1.54, 1.807) is 0 Å². The Bertz CT molecular complexity index is 423. The van der Waals surface area contributed by atoms with E-state index in [0.717, 1.165) is 19.3 Å². The summed E-state index contributed by atoms with van der Waals surface area (Å²) in [7, 11) is 0. The lowest BCUT2D eigenvalue weighted by atomic mass is 9.92. The molecule has 1 fully saturated rings. The summed E-state index contributed by atoms with van der Waals surface area (Å²) < 4.78 is 0. The van der Waals surface area contributed by atoms with Gasteiger partial charge in [0.25, 0.3) is 5.91 Å². The molecule has 6 nitrogen and oxygen atoms in total. The third kappa shape index (κ3) is 2.33. The minimum atomic E-state index is -0.483. The van der Waals surface area contributed by atoms with Crippen LogP contribution >= 0.6 is 0 Å². The van der Waals surface area contributed by atoms with Crippen molar-refractivity contribution in [3.8, 4) is 0 Å². The maximum atomic E-state index is 11.7. The number of carbonyl (C=O) groups is 1. The average molecular weight is 225 g/mol. The topological polar surface area (TPSA) is 98.0 Å². The van der Waals surface area contributed by atoms with Crippen LogP contribution in [0.4, 0.5) is 0 Å². The fourth-order valence-electron chi connectivity index (χ4n) is 1.98. The Labute approximate surface area is 92.1 Å². The molecule has 2 rings (SSSR count). The van der Waals surface area contributed by atoms with E-state index in [0.29, 0.717) is 6.42 Å². The van der Waals surface area contributed by atoms with Gasteiger partial charge in [0.1, 0.15) is 5.69 Å². The van der Waals surface area contributed by atoms with Crippen LogP contribution in [-0.2, 0) is 0 Å². The molecule has 1 amide bonds. The Balaban J connectivity index is 1.98. The maximum Gasteiger partial charge on any atom is 0.323 e. The largest absolute Gasteiger partial charge is 0.391 e. The second kappa shape index (κ2) is 4.52. The van der Waals surface area contributed by atoms with Crippen LogP contribution in [0, 0.1) is 0 Å². The van der Waals surface area contributed by atoms with E-state index in [9.17, 15) is 14.7 Å². The van der Waals surface area contributed by atoms with Crippen LogP contribution in [-0.4, -0.2) is 33.1 Å². The first kappa shape index (κ1) is 10.9. The van der Waals surface area contributed by atoms with Gasteiger partial charge in [0.05, 0.1) is 12.1 Å². The molecule has 0 bridgehead atoms. The van der Waals surface area contributed by atoms with E-state index in [1.165, 1.54) is 6.20 Å². The fraction of sp³-hybridized carbons (Fsp3) is 0.600. The van der Waals surface area contributed by atoms with E-state index in [-0.39, 0.29) is 17.6 Å². The number of hydrogen-bond donors (Lipinski definition) is 4. The van der Waals surface area contributed by atoms with Gasteiger partial charge in [0, 0.05) is 6.20 Å². The summed E-state index contributed by atoms with van der Waals surface area (Å²) in [6, 6.07) is -0.209. The van der Waals surface area contributed by atoms with E-state index >= 15 is 0 Å². The first-order valence-electron chi connectivity index (χ1n) is 5.43. The van der Waals surface area contributed by atoms with E-state index in [1.807, 2.05) is 0 Å². The lowest BCUT2D eigenvalue weighted by molar-refractivity contribution is 0.0714. The molecule has 0 saturated heterocycles. The second-order valence-electron chi connectivity index (χ2n) is 4.09. The molecule has 0 spiro atoms. The highest BCUT2D eigenvalue weighted by molar-refractivity contribution is 5.92. The van der Waals surface area contributed by atoms with Crippen molar-refractivity contribution in [3.63, 3.8) is 0 Å².